The fourth-order valence-corrected chi connectivity index (χ4v) is 1.16. The molecule has 0 aromatic heterocycles. The molecule has 0 amide bonds. The van der Waals surface area contributed by atoms with Crippen molar-refractivity contribution in [3.05, 3.63) is 0 Å². The zero-order valence-corrected chi connectivity index (χ0v) is 6.80. The minimum absolute atomic E-state index is 0.200. The molecule has 0 saturated heterocycles. The van der Waals surface area contributed by atoms with Crippen LogP contribution in [0.5, 0.6) is 0 Å². The Bertz CT molecular complexity index is 103. The molecule has 1 saturated carbocycles. The topological polar surface area (TPSA) is 32.3 Å². The number of nitrogens with one attached hydrogen (secondary N) is 1. The van der Waals surface area contributed by atoms with Crippen LogP contribution in [-0.2, 0) is 0 Å². The van der Waals surface area contributed by atoms with Gasteiger partial charge in [0.05, 0.1) is 6.10 Å². The van der Waals surface area contributed by atoms with Crippen LogP contribution in [0.3, 0.4) is 0 Å². The van der Waals surface area contributed by atoms with E-state index in [1.54, 1.807) is 0 Å². The minimum Gasteiger partial charge on any atom is -0.392 e. The highest BCUT2D eigenvalue weighted by atomic mass is 16.3. The second-order valence-corrected chi connectivity index (χ2v) is 3.48. The van der Waals surface area contributed by atoms with E-state index in [0.29, 0.717) is 0 Å². The van der Waals surface area contributed by atoms with E-state index in [2.05, 4.69) is 12.2 Å². The first-order chi connectivity index (χ1) is 4.70. The van der Waals surface area contributed by atoms with Crippen LogP contribution >= 0.6 is 0 Å². The van der Waals surface area contributed by atoms with Crippen molar-refractivity contribution in [2.45, 2.75) is 26.4 Å². The summed E-state index contributed by atoms with van der Waals surface area (Å²) >= 11 is 0. The smallest absolute Gasteiger partial charge is 0.0636 e. The molecule has 1 rings (SSSR count). The van der Waals surface area contributed by atoms with Crippen LogP contribution in [0.2, 0.25) is 0 Å². The molecule has 1 fully saturated rings. The lowest BCUT2D eigenvalue weighted by atomic mass is 10.3. The molecule has 0 heterocycles. The van der Waals surface area contributed by atoms with E-state index in [4.69, 9.17) is 5.11 Å². The Balaban J connectivity index is 1.87. The van der Waals surface area contributed by atoms with Crippen molar-refractivity contribution in [3.8, 4) is 0 Å². The number of aliphatic hydroxyl groups is 1. The molecule has 0 aromatic rings. The molecule has 2 heteroatoms. The van der Waals surface area contributed by atoms with E-state index in [-0.39, 0.29) is 6.10 Å². The van der Waals surface area contributed by atoms with Gasteiger partial charge in [0, 0.05) is 6.54 Å². The van der Waals surface area contributed by atoms with Crippen LogP contribution in [0.4, 0.5) is 0 Å². The first-order valence-corrected chi connectivity index (χ1v) is 4.09. The molecule has 3 atom stereocenters. The van der Waals surface area contributed by atoms with Gasteiger partial charge >= 0.3 is 0 Å². The van der Waals surface area contributed by atoms with Gasteiger partial charge in [-0.15, -0.1) is 0 Å². The highest BCUT2D eigenvalue weighted by molar-refractivity contribution is 4.83. The van der Waals surface area contributed by atoms with Crippen LogP contribution in [0, 0.1) is 11.8 Å². The van der Waals surface area contributed by atoms with E-state index >= 15 is 0 Å². The predicted molar refractivity (Wildman–Crippen MR) is 41.8 cm³/mol. The second kappa shape index (κ2) is 3.35. The van der Waals surface area contributed by atoms with E-state index in [9.17, 15) is 0 Å². The summed E-state index contributed by atoms with van der Waals surface area (Å²) in [5.74, 6) is 1.81. The third-order valence-electron chi connectivity index (χ3n) is 2.12. The number of hydrogen-bond acceptors (Lipinski definition) is 2. The second-order valence-electron chi connectivity index (χ2n) is 3.48. The van der Waals surface area contributed by atoms with E-state index < -0.39 is 0 Å². The average molecular weight is 143 g/mol. The summed E-state index contributed by atoms with van der Waals surface area (Å²) in [6.45, 7) is 5.91. The van der Waals surface area contributed by atoms with Crippen LogP contribution in [0.1, 0.15) is 20.3 Å². The SMILES string of the molecule is CC1CC1CNC[C@H](C)O. The maximum absolute atomic E-state index is 8.89. The van der Waals surface area contributed by atoms with E-state index in [1.165, 1.54) is 6.42 Å². The zero-order valence-electron chi connectivity index (χ0n) is 6.80. The molecule has 60 valence electrons. The van der Waals surface area contributed by atoms with Gasteiger partial charge in [0.15, 0.2) is 0 Å². The Kier molecular flexibility index (Phi) is 2.69. The fourth-order valence-electron chi connectivity index (χ4n) is 1.16. The molecule has 0 aromatic carbocycles. The summed E-state index contributed by atoms with van der Waals surface area (Å²) in [7, 11) is 0. The first-order valence-electron chi connectivity index (χ1n) is 4.09. The Morgan fingerprint density at radius 2 is 2.30 bits per heavy atom. The maximum atomic E-state index is 8.89. The van der Waals surface area contributed by atoms with Gasteiger partial charge in [-0.3, -0.25) is 0 Å². The molecule has 2 nitrogen and oxygen atoms in total. The molecular weight excluding hydrogens is 126 g/mol. The minimum atomic E-state index is -0.200. The van der Waals surface area contributed by atoms with Gasteiger partial charge in [0.1, 0.15) is 0 Å². The quantitative estimate of drug-likeness (QED) is 0.604. The van der Waals surface area contributed by atoms with Gasteiger partial charge in [0.25, 0.3) is 0 Å². The average Bonchev–Trinajstić information content (AvgIpc) is 2.46. The van der Waals surface area contributed by atoms with Crippen molar-refractivity contribution in [2.75, 3.05) is 13.1 Å². The Labute approximate surface area is 62.6 Å². The molecule has 1 aliphatic carbocycles. The maximum Gasteiger partial charge on any atom is 0.0636 e. The first kappa shape index (κ1) is 8.02. The molecule has 0 bridgehead atoms. The van der Waals surface area contributed by atoms with Gasteiger partial charge in [-0.2, -0.15) is 0 Å². The van der Waals surface area contributed by atoms with Crippen LogP contribution in [0.15, 0.2) is 0 Å². The lowest BCUT2D eigenvalue weighted by molar-refractivity contribution is 0.191. The largest absolute Gasteiger partial charge is 0.392 e. The van der Waals surface area contributed by atoms with Gasteiger partial charge in [-0.25, -0.2) is 0 Å². The summed E-state index contributed by atoms with van der Waals surface area (Å²) in [6, 6.07) is 0. The highest BCUT2D eigenvalue weighted by Crippen LogP contribution is 2.36. The standard InChI is InChI=1S/C8H17NO/c1-6-3-8(6)5-9-4-7(2)10/h6-10H,3-5H2,1-2H3/t6?,7-,8?/m0/s1. The summed E-state index contributed by atoms with van der Waals surface area (Å²) in [5.41, 5.74) is 0. The fraction of sp³-hybridized carbons (Fsp3) is 1.00. The van der Waals surface area contributed by atoms with Crippen molar-refractivity contribution >= 4 is 0 Å². The molecule has 2 N–H and O–H groups in total. The number of aliphatic hydroxyl groups excluding tert-OH is 1. The Morgan fingerprint density at radius 1 is 1.70 bits per heavy atom. The molecular formula is C8H17NO. The molecule has 1 aliphatic rings. The summed E-state index contributed by atoms with van der Waals surface area (Å²) in [4.78, 5) is 0. The molecule has 0 spiro atoms. The van der Waals surface area contributed by atoms with Gasteiger partial charge in [-0.1, -0.05) is 6.92 Å². The van der Waals surface area contributed by atoms with Gasteiger partial charge < -0.3 is 10.4 Å². The molecule has 2 unspecified atom stereocenters. The van der Waals surface area contributed by atoms with Crippen molar-refractivity contribution < 1.29 is 5.11 Å². The van der Waals surface area contributed by atoms with Crippen molar-refractivity contribution in [1.82, 2.24) is 5.32 Å². The third kappa shape index (κ3) is 2.67. The van der Waals surface area contributed by atoms with E-state index in [0.717, 1.165) is 24.9 Å². The zero-order chi connectivity index (χ0) is 7.56. The number of hydrogen-bond donors (Lipinski definition) is 2. The Morgan fingerprint density at radius 3 is 2.70 bits per heavy atom. The van der Waals surface area contributed by atoms with Crippen LogP contribution in [0.25, 0.3) is 0 Å². The third-order valence-corrected chi connectivity index (χ3v) is 2.12. The van der Waals surface area contributed by atoms with Crippen LogP contribution in [-0.4, -0.2) is 24.3 Å². The lowest BCUT2D eigenvalue weighted by Crippen LogP contribution is -2.26. The monoisotopic (exact) mass is 143 g/mol. The highest BCUT2D eigenvalue weighted by Gasteiger charge is 2.31. The summed E-state index contributed by atoms with van der Waals surface area (Å²) in [5, 5.41) is 12.1. The van der Waals surface area contributed by atoms with Crippen molar-refractivity contribution in [3.63, 3.8) is 0 Å². The van der Waals surface area contributed by atoms with Crippen molar-refractivity contribution in [2.24, 2.45) is 11.8 Å². The van der Waals surface area contributed by atoms with Crippen LogP contribution < -0.4 is 5.32 Å². The van der Waals surface area contributed by atoms with E-state index in [1.807, 2.05) is 6.92 Å². The molecule has 0 radical (unpaired) electrons. The Hall–Kier alpha value is -0.0800. The molecule has 10 heavy (non-hydrogen) atoms. The summed E-state index contributed by atoms with van der Waals surface area (Å²) < 4.78 is 0. The summed E-state index contributed by atoms with van der Waals surface area (Å²) in [6.07, 6.45) is 1.17. The lowest BCUT2D eigenvalue weighted by Gasteiger charge is -2.04. The number of rotatable bonds is 4. The predicted octanol–water partition coefficient (Wildman–Crippen LogP) is 0.613. The van der Waals surface area contributed by atoms with Gasteiger partial charge in [0.2, 0.25) is 0 Å². The van der Waals surface area contributed by atoms with Gasteiger partial charge in [-0.05, 0) is 31.7 Å². The normalized spacial score (nSPS) is 33.9. The van der Waals surface area contributed by atoms with Crippen molar-refractivity contribution in [1.29, 1.82) is 0 Å². The molecule has 0 aliphatic heterocycles.